The molecule has 69 heavy (non-hydrogen) atoms. The Morgan fingerprint density at radius 2 is 1.09 bits per heavy atom. The summed E-state index contributed by atoms with van der Waals surface area (Å²) in [6, 6.07) is 48.0. The fourth-order valence-electron chi connectivity index (χ4n) is 7.82. The number of benzene rings is 6. The summed E-state index contributed by atoms with van der Waals surface area (Å²) < 4.78 is 69.8. The van der Waals surface area contributed by atoms with E-state index in [0.29, 0.717) is 30.4 Å². The van der Waals surface area contributed by atoms with Crippen LogP contribution in [0.1, 0.15) is 48.9 Å². The van der Waals surface area contributed by atoms with Gasteiger partial charge < -0.3 is 20.9 Å². The summed E-state index contributed by atoms with van der Waals surface area (Å²) in [6.07, 6.45) is 1.86. The van der Waals surface area contributed by atoms with Gasteiger partial charge in [0.05, 0.1) is 51.1 Å². The second-order valence-electron chi connectivity index (χ2n) is 16.2. The molecule has 356 valence electrons. The smallest absolute Gasteiger partial charge is 0.264 e. The van der Waals surface area contributed by atoms with Crippen LogP contribution in [0.4, 0.5) is 21.5 Å². The highest BCUT2D eigenvalue weighted by Gasteiger charge is 2.29. The molecule has 0 saturated carbocycles. The van der Waals surface area contributed by atoms with Gasteiger partial charge in [-0.05, 0) is 91.2 Å². The first-order chi connectivity index (χ1) is 33.2. The van der Waals surface area contributed by atoms with E-state index in [2.05, 4.69) is 26.9 Å². The number of anilines is 3. The van der Waals surface area contributed by atoms with Crippen LogP contribution in [-0.4, -0.2) is 66.9 Å². The number of nitrogens with one attached hydrogen (secondary N) is 3. The molecule has 2 fully saturated rings. The number of hydrogen-bond acceptors (Lipinski definition) is 10. The van der Waals surface area contributed by atoms with Crippen LogP contribution in [0.3, 0.4) is 0 Å². The molecule has 0 aromatic heterocycles. The average Bonchev–Trinajstić information content (AvgIpc) is 4.06. The minimum absolute atomic E-state index is 0.0248. The van der Waals surface area contributed by atoms with Crippen LogP contribution in [0.5, 0.6) is 0 Å². The molecule has 0 bridgehead atoms. The summed E-state index contributed by atoms with van der Waals surface area (Å²) in [5, 5.41) is 27.9. The van der Waals surface area contributed by atoms with E-state index in [1.54, 1.807) is 79.7 Å². The number of carbonyl (C=O) groups excluding carboxylic acids is 2. The Morgan fingerprint density at radius 3 is 1.54 bits per heavy atom. The highest BCUT2D eigenvalue weighted by atomic mass is 32.2. The van der Waals surface area contributed by atoms with Gasteiger partial charge in [0.15, 0.2) is 0 Å². The zero-order chi connectivity index (χ0) is 49.4. The molecule has 17 heteroatoms. The summed E-state index contributed by atoms with van der Waals surface area (Å²) in [6.45, 7) is 6.51. The maximum atomic E-state index is 13.7. The minimum atomic E-state index is -3.89. The standard InChI is InChI=1S/C26H26N4O3S.C20H15FN2O2S.C6H12N2O/c1-20(31)28-23-14-15-29(19-23)26-13-12-24(16-22(26)17-27)30(18-21-8-4-2-5-9-21)34(32,33)25-10-6-3-7-11-25;21-20-12-11-18(13-17(20)14-22)23(15-16-7-3-1-4-8-16)26(24,25)19-9-5-2-6-10-19;1-5(9)8-6-2-3-7-4-6/h2-13,16,23H,14-15,18-19H2,1H3,(H,28,31);1-13H,15H2;6-7H,2-4H2,1H3,(H,8,9). The van der Waals surface area contributed by atoms with E-state index >= 15 is 0 Å². The van der Waals surface area contributed by atoms with Gasteiger partial charge in [0.1, 0.15) is 18.0 Å². The summed E-state index contributed by atoms with van der Waals surface area (Å²) >= 11 is 0. The van der Waals surface area contributed by atoms with E-state index < -0.39 is 25.9 Å². The number of halogens is 1. The number of carbonyl (C=O) groups is 2. The van der Waals surface area contributed by atoms with Crippen molar-refractivity contribution < 1.29 is 30.8 Å². The highest BCUT2D eigenvalue weighted by Crippen LogP contribution is 2.33. The first-order valence-electron chi connectivity index (χ1n) is 22.2. The molecule has 0 aliphatic carbocycles. The molecular formula is C52H53FN8O6S2. The Balaban J connectivity index is 0.000000196. The third-order valence-corrected chi connectivity index (χ3v) is 14.7. The van der Waals surface area contributed by atoms with Gasteiger partial charge in [-0.15, -0.1) is 0 Å². The Kier molecular flexibility index (Phi) is 17.6. The molecule has 0 spiro atoms. The SMILES string of the molecule is CC(=O)NC1CCN(c2ccc(N(Cc3ccccc3)S(=O)(=O)c3ccccc3)cc2C#N)C1.CC(=O)NC1CCNC1.N#Cc1cc(N(Cc2ccccc2)S(=O)(=O)c2ccccc2)ccc1F. The van der Waals surface area contributed by atoms with Crippen molar-refractivity contribution in [2.45, 2.75) is 61.7 Å². The molecule has 6 aromatic carbocycles. The van der Waals surface area contributed by atoms with E-state index in [4.69, 9.17) is 5.26 Å². The molecule has 2 saturated heterocycles. The molecule has 2 atom stereocenters. The third kappa shape index (κ3) is 13.8. The number of rotatable bonds is 13. The quantitative estimate of drug-likeness (QED) is 0.106. The van der Waals surface area contributed by atoms with Gasteiger partial charge in [-0.1, -0.05) is 97.1 Å². The van der Waals surface area contributed by atoms with Gasteiger partial charge >= 0.3 is 0 Å². The van der Waals surface area contributed by atoms with Crippen molar-refractivity contribution in [1.29, 1.82) is 10.5 Å². The zero-order valence-corrected chi connectivity index (χ0v) is 39.8. The van der Waals surface area contributed by atoms with Crippen molar-refractivity contribution in [1.82, 2.24) is 16.0 Å². The Labute approximate surface area is 403 Å². The first kappa shape index (κ1) is 50.8. The van der Waals surface area contributed by atoms with Crippen LogP contribution < -0.4 is 29.5 Å². The van der Waals surface area contributed by atoms with Gasteiger partial charge in [-0.2, -0.15) is 10.5 Å². The molecule has 2 amide bonds. The van der Waals surface area contributed by atoms with Crippen LogP contribution in [-0.2, 0) is 42.7 Å². The van der Waals surface area contributed by atoms with Gasteiger partial charge in [-0.25, -0.2) is 21.2 Å². The number of hydrogen-bond donors (Lipinski definition) is 3. The lowest BCUT2D eigenvalue weighted by atomic mass is 10.1. The van der Waals surface area contributed by atoms with E-state index in [0.717, 1.165) is 48.8 Å². The van der Waals surface area contributed by atoms with Crippen LogP contribution in [0.15, 0.2) is 168 Å². The fraction of sp³-hybridized carbons (Fsp3) is 0.231. The van der Waals surface area contributed by atoms with Gasteiger partial charge in [0.2, 0.25) is 11.8 Å². The number of amides is 2. The largest absolute Gasteiger partial charge is 0.368 e. The molecule has 2 heterocycles. The van der Waals surface area contributed by atoms with Crippen LogP contribution in [0.2, 0.25) is 0 Å². The van der Waals surface area contributed by atoms with Crippen molar-refractivity contribution >= 4 is 48.9 Å². The molecule has 8 rings (SSSR count). The number of sulfonamides is 2. The van der Waals surface area contributed by atoms with Crippen molar-refractivity contribution in [2.75, 3.05) is 39.7 Å². The molecule has 3 N–H and O–H groups in total. The van der Waals surface area contributed by atoms with E-state index in [1.165, 1.54) is 39.8 Å². The molecular weight excluding hydrogens is 916 g/mol. The van der Waals surface area contributed by atoms with E-state index in [-0.39, 0.29) is 52.0 Å². The lowest BCUT2D eigenvalue weighted by molar-refractivity contribution is -0.120. The maximum absolute atomic E-state index is 13.7. The topological polar surface area (TPSA) is 196 Å². The fourth-order valence-corrected chi connectivity index (χ4v) is 10.7. The molecule has 14 nitrogen and oxygen atoms in total. The molecule has 2 unspecified atom stereocenters. The normalized spacial score (nSPS) is 15.2. The predicted octanol–water partition coefficient (Wildman–Crippen LogP) is 7.25. The third-order valence-electron chi connectivity index (χ3n) is 11.2. The van der Waals surface area contributed by atoms with Gasteiger partial charge in [0.25, 0.3) is 20.0 Å². The van der Waals surface area contributed by atoms with Crippen LogP contribution in [0, 0.1) is 28.5 Å². The van der Waals surface area contributed by atoms with Crippen molar-refractivity contribution in [2.24, 2.45) is 0 Å². The summed E-state index contributed by atoms with van der Waals surface area (Å²) in [7, 11) is -7.76. The van der Waals surface area contributed by atoms with Gasteiger partial charge in [-0.3, -0.25) is 18.2 Å². The van der Waals surface area contributed by atoms with Crippen molar-refractivity contribution in [3.63, 3.8) is 0 Å². The molecule has 6 aromatic rings. The molecule has 2 aliphatic heterocycles. The monoisotopic (exact) mass is 968 g/mol. The van der Waals surface area contributed by atoms with Crippen LogP contribution >= 0.6 is 0 Å². The number of nitriles is 2. The molecule has 0 radical (unpaired) electrons. The van der Waals surface area contributed by atoms with Gasteiger partial charge in [0, 0.05) is 45.6 Å². The van der Waals surface area contributed by atoms with E-state index in [9.17, 15) is 36.1 Å². The Morgan fingerprint density at radius 1 is 0.638 bits per heavy atom. The first-order valence-corrected chi connectivity index (χ1v) is 25.0. The predicted molar refractivity (Wildman–Crippen MR) is 264 cm³/mol. The van der Waals surface area contributed by atoms with Crippen molar-refractivity contribution in [3.8, 4) is 12.1 Å². The van der Waals surface area contributed by atoms with Crippen molar-refractivity contribution in [3.05, 3.63) is 186 Å². The maximum Gasteiger partial charge on any atom is 0.264 e. The highest BCUT2D eigenvalue weighted by molar-refractivity contribution is 7.93. The summed E-state index contributed by atoms with van der Waals surface area (Å²) in [5.74, 6) is -0.693. The number of nitrogens with zero attached hydrogens (tertiary/aromatic N) is 5. The minimum Gasteiger partial charge on any atom is -0.368 e. The lowest BCUT2D eigenvalue weighted by Gasteiger charge is -2.27. The van der Waals surface area contributed by atoms with Crippen LogP contribution in [0.25, 0.3) is 0 Å². The second-order valence-corrected chi connectivity index (χ2v) is 20.0. The average molecular weight is 969 g/mol. The lowest BCUT2D eigenvalue weighted by Crippen LogP contribution is -2.35. The second kappa shape index (κ2) is 23.9. The summed E-state index contributed by atoms with van der Waals surface area (Å²) in [5.41, 5.74) is 3.18. The zero-order valence-electron chi connectivity index (χ0n) is 38.2. The molecule has 2 aliphatic rings. The Hall–Kier alpha value is -7.57. The summed E-state index contributed by atoms with van der Waals surface area (Å²) in [4.78, 5) is 24.2. The van der Waals surface area contributed by atoms with E-state index in [1.807, 2.05) is 60.7 Å². The Bertz CT molecular complexity index is 2990.